The predicted molar refractivity (Wildman–Crippen MR) is 67.2 cm³/mol. The fourth-order valence-corrected chi connectivity index (χ4v) is 2.39. The van der Waals surface area contributed by atoms with Crippen molar-refractivity contribution in [2.45, 2.75) is 31.2 Å². The second-order valence-corrected chi connectivity index (χ2v) is 4.96. The summed E-state index contributed by atoms with van der Waals surface area (Å²) >= 11 is 0. The number of carboxylic acids is 1. The number of benzene rings is 1. The number of halogens is 2. The Hall–Kier alpha value is -1.98. The van der Waals surface area contributed by atoms with E-state index in [9.17, 15) is 18.4 Å². The van der Waals surface area contributed by atoms with Crippen LogP contribution in [0.2, 0.25) is 0 Å². The topological polar surface area (TPSA) is 66.4 Å². The molecule has 1 aromatic rings. The first-order valence-corrected chi connectivity index (χ1v) is 6.38. The van der Waals surface area contributed by atoms with Gasteiger partial charge in [-0.3, -0.25) is 9.59 Å². The highest BCUT2D eigenvalue weighted by Gasteiger charge is 2.42. The van der Waals surface area contributed by atoms with Crippen LogP contribution in [-0.4, -0.2) is 23.0 Å². The molecule has 0 bridgehead atoms. The first-order chi connectivity index (χ1) is 9.41. The van der Waals surface area contributed by atoms with Crippen molar-refractivity contribution in [3.8, 4) is 0 Å². The van der Waals surface area contributed by atoms with E-state index in [-0.39, 0.29) is 12.0 Å². The molecule has 6 heteroatoms. The first kappa shape index (κ1) is 14.4. The maximum absolute atomic E-state index is 13.9. The summed E-state index contributed by atoms with van der Waals surface area (Å²) in [4.78, 5) is 22.5. The van der Waals surface area contributed by atoms with Gasteiger partial charge in [-0.1, -0.05) is 30.3 Å². The van der Waals surface area contributed by atoms with Gasteiger partial charge in [-0.2, -0.15) is 8.78 Å². The van der Waals surface area contributed by atoms with E-state index in [2.05, 4.69) is 5.32 Å². The largest absolute Gasteiger partial charge is 0.481 e. The fourth-order valence-electron chi connectivity index (χ4n) is 2.39. The highest BCUT2D eigenvalue weighted by atomic mass is 19.3. The summed E-state index contributed by atoms with van der Waals surface area (Å²) in [6, 6.07) is 6.34. The van der Waals surface area contributed by atoms with E-state index in [1.807, 2.05) is 0 Å². The van der Waals surface area contributed by atoms with E-state index in [1.165, 1.54) is 24.3 Å². The summed E-state index contributed by atoms with van der Waals surface area (Å²) in [7, 11) is 0. The Morgan fingerprint density at radius 1 is 1.20 bits per heavy atom. The highest BCUT2D eigenvalue weighted by molar-refractivity contribution is 5.85. The third-order valence-electron chi connectivity index (χ3n) is 3.54. The van der Waals surface area contributed by atoms with Gasteiger partial charge in [0.15, 0.2) is 0 Å². The number of nitrogens with one attached hydrogen (secondary N) is 1. The summed E-state index contributed by atoms with van der Waals surface area (Å²) in [6.45, 7) is 0. The van der Waals surface area contributed by atoms with Crippen molar-refractivity contribution in [1.82, 2.24) is 5.32 Å². The van der Waals surface area contributed by atoms with E-state index < -0.39 is 29.8 Å². The monoisotopic (exact) mass is 283 g/mol. The van der Waals surface area contributed by atoms with Gasteiger partial charge in [0.05, 0.1) is 5.92 Å². The van der Waals surface area contributed by atoms with E-state index >= 15 is 0 Å². The van der Waals surface area contributed by atoms with Crippen molar-refractivity contribution in [1.29, 1.82) is 0 Å². The summed E-state index contributed by atoms with van der Waals surface area (Å²) in [5.41, 5.74) is -0.370. The van der Waals surface area contributed by atoms with Gasteiger partial charge in [0.25, 0.3) is 5.91 Å². The zero-order valence-electron chi connectivity index (χ0n) is 10.7. The van der Waals surface area contributed by atoms with E-state index in [4.69, 9.17) is 5.11 Å². The van der Waals surface area contributed by atoms with E-state index in [0.717, 1.165) is 0 Å². The van der Waals surface area contributed by atoms with Crippen LogP contribution in [0, 0.1) is 5.92 Å². The van der Waals surface area contributed by atoms with E-state index in [0.29, 0.717) is 12.8 Å². The number of amides is 1. The van der Waals surface area contributed by atoms with Gasteiger partial charge in [-0.15, -0.1) is 0 Å². The van der Waals surface area contributed by atoms with Crippen LogP contribution in [0.15, 0.2) is 30.3 Å². The average molecular weight is 283 g/mol. The van der Waals surface area contributed by atoms with Gasteiger partial charge in [-0.25, -0.2) is 0 Å². The smallest absolute Gasteiger partial charge is 0.349 e. The molecular weight excluding hydrogens is 268 g/mol. The second-order valence-electron chi connectivity index (χ2n) is 4.96. The fraction of sp³-hybridized carbons (Fsp3) is 0.429. The SMILES string of the molecule is O=C(O)[C@@H]1CC[C@H](NC(=O)C(F)(F)c2ccccc2)C1. The molecule has 0 aromatic heterocycles. The molecule has 1 saturated carbocycles. The molecule has 0 unspecified atom stereocenters. The van der Waals surface area contributed by atoms with Crippen LogP contribution in [0.25, 0.3) is 0 Å². The minimum absolute atomic E-state index is 0.200. The highest BCUT2D eigenvalue weighted by Crippen LogP contribution is 2.30. The summed E-state index contributed by atoms with van der Waals surface area (Å²) < 4.78 is 27.9. The molecule has 1 aliphatic rings. The van der Waals surface area contributed by atoms with Crippen LogP contribution >= 0.6 is 0 Å². The molecule has 4 nitrogen and oxygen atoms in total. The molecule has 2 N–H and O–H groups in total. The van der Waals surface area contributed by atoms with Crippen molar-refractivity contribution in [2.75, 3.05) is 0 Å². The molecule has 2 rings (SSSR count). The minimum atomic E-state index is -3.61. The van der Waals surface area contributed by atoms with Gasteiger partial charge in [0, 0.05) is 11.6 Å². The minimum Gasteiger partial charge on any atom is -0.481 e. The van der Waals surface area contributed by atoms with Crippen LogP contribution in [-0.2, 0) is 15.5 Å². The number of alkyl halides is 2. The van der Waals surface area contributed by atoms with Crippen molar-refractivity contribution in [3.05, 3.63) is 35.9 Å². The van der Waals surface area contributed by atoms with Crippen LogP contribution in [0.4, 0.5) is 8.78 Å². The normalized spacial score (nSPS) is 22.5. The maximum Gasteiger partial charge on any atom is 0.349 e. The Labute approximate surface area is 114 Å². The number of hydrogen-bond donors (Lipinski definition) is 2. The molecular formula is C14H15F2NO3. The zero-order chi connectivity index (χ0) is 14.8. The number of carbonyl (C=O) groups excluding carboxylic acids is 1. The molecule has 2 atom stereocenters. The standard InChI is InChI=1S/C14H15F2NO3/c15-14(16,10-4-2-1-3-5-10)13(20)17-11-7-6-9(8-11)12(18)19/h1-5,9,11H,6-8H2,(H,17,20)(H,18,19)/t9-,11+/m1/s1. The van der Waals surface area contributed by atoms with E-state index in [1.54, 1.807) is 6.07 Å². The first-order valence-electron chi connectivity index (χ1n) is 6.38. The molecule has 0 saturated heterocycles. The van der Waals surface area contributed by atoms with Gasteiger partial charge in [-0.05, 0) is 19.3 Å². The Kier molecular flexibility index (Phi) is 4.01. The summed E-state index contributed by atoms with van der Waals surface area (Å²) in [6.07, 6.45) is 1.01. The summed E-state index contributed by atoms with van der Waals surface area (Å²) in [5.74, 6) is -6.50. The van der Waals surface area contributed by atoms with Gasteiger partial charge >= 0.3 is 11.9 Å². The van der Waals surface area contributed by atoms with Crippen LogP contribution in [0.5, 0.6) is 0 Å². The lowest BCUT2D eigenvalue weighted by molar-refractivity contribution is -0.148. The lowest BCUT2D eigenvalue weighted by Gasteiger charge is -2.19. The molecule has 1 aliphatic carbocycles. The molecule has 1 fully saturated rings. The molecule has 108 valence electrons. The Balaban J connectivity index is 2.00. The Morgan fingerprint density at radius 3 is 2.40 bits per heavy atom. The Bertz CT molecular complexity index is 504. The van der Waals surface area contributed by atoms with Crippen molar-refractivity contribution in [3.63, 3.8) is 0 Å². The van der Waals surface area contributed by atoms with Crippen LogP contribution in [0.3, 0.4) is 0 Å². The van der Waals surface area contributed by atoms with Crippen LogP contribution < -0.4 is 5.32 Å². The molecule has 1 amide bonds. The number of carboxylic acid groups (broad SMARTS) is 1. The lowest BCUT2D eigenvalue weighted by Crippen LogP contribution is -2.43. The number of hydrogen-bond acceptors (Lipinski definition) is 2. The number of rotatable bonds is 4. The van der Waals surface area contributed by atoms with Crippen molar-refractivity contribution >= 4 is 11.9 Å². The molecule has 20 heavy (non-hydrogen) atoms. The average Bonchev–Trinajstić information content (AvgIpc) is 2.88. The molecule has 0 spiro atoms. The maximum atomic E-state index is 13.9. The Morgan fingerprint density at radius 2 is 1.85 bits per heavy atom. The third kappa shape index (κ3) is 2.95. The van der Waals surface area contributed by atoms with Crippen LogP contribution in [0.1, 0.15) is 24.8 Å². The quantitative estimate of drug-likeness (QED) is 0.889. The molecule has 1 aromatic carbocycles. The van der Waals surface area contributed by atoms with Crippen molar-refractivity contribution in [2.24, 2.45) is 5.92 Å². The third-order valence-corrected chi connectivity index (χ3v) is 3.54. The lowest BCUT2D eigenvalue weighted by atomic mass is 10.1. The number of aliphatic carboxylic acids is 1. The number of carbonyl (C=O) groups is 2. The molecule has 0 heterocycles. The molecule has 0 radical (unpaired) electrons. The molecule has 0 aliphatic heterocycles. The van der Waals surface area contributed by atoms with Gasteiger partial charge in [0.2, 0.25) is 0 Å². The zero-order valence-corrected chi connectivity index (χ0v) is 10.7. The van der Waals surface area contributed by atoms with Gasteiger partial charge in [0.1, 0.15) is 0 Å². The van der Waals surface area contributed by atoms with Gasteiger partial charge < -0.3 is 10.4 Å². The predicted octanol–water partition coefficient (Wildman–Crippen LogP) is 2.15. The second kappa shape index (κ2) is 5.56. The van der Waals surface area contributed by atoms with Crippen molar-refractivity contribution < 1.29 is 23.5 Å². The summed E-state index contributed by atoms with van der Waals surface area (Å²) in [5, 5.41) is 11.1.